The molecule has 0 saturated heterocycles. The van der Waals surface area contributed by atoms with Crippen LogP contribution in [0.5, 0.6) is 0 Å². The average Bonchev–Trinajstić information content (AvgIpc) is 1.93. The van der Waals surface area contributed by atoms with Crippen LogP contribution in [0.2, 0.25) is 0 Å². The smallest absolute Gasteiger partial charge is 0.0136 e. The van der Waals surface area contributed by atoms with E-state index in [1.54, 1.807) is 6.92 Å². The van der Waals surface area contributed by atoms with Gasteiger partial charge >= 0.3 is 0 Å². The Morgan fingerprint density at radius 2 is 1.80 bits per heavy atom. The van der Waals surface area contributed by atoms with E-state index in [1.807, 2.05) is 0 Å². The van der Waals surface area contributed by atoms with E-state index in [1.165, 1.54) is 6.42 Å². The van der Waals surface area contributed by atoms with Crippen LogP contribution in [0.15, 0.2) is 0 Å². The van der Waals surface area contributed by atoms with Gasteiger partial charge in [-0.3, -0.25) is 0 Å². The van der Waals surface area contributed by atoms with Gasteiger partial charge in [-0.25, -0.2) is 7.11 Å². The van der Waals surface area contributed by atoms with Gasteiger partial charge in [-0.2, -0.15) is 6.92 Å². The molecule has 1 atom stereocenters. The van der Waals surface area contributed by atoms with Crippen molar-refractivity contribution in [2.24, 2.45) is 5.92 Å². The van der Waals surface area contributed by atoms with Crippen LogP contribution >= 0.6 is 0 Å². The molecule has 1 unspecified atom stereocenters. The molecule has 0 aliphatic heterocycles. The van der Waals surface area contributed by atoms with E-state index in [-0.39, 0.29) is 0 Å². The zero-order chi connectivity index (χ0) is 7.70. The molecule has 10 heavy (non-hydrogen) atoms. The van der Waals surface area contributed by atoms with Crippen molar-refractivity contribution in [1.29, 1.82) is 0 Å². The fraction of sp³-hybridized carbons (Fsp3) is 0.750. The number of rotatable bonds is 3. The Morgan fingerprint density at radius 3 is 1.90 bits per heavy atom. The third kappa shape index (κ3) is 15.8. The molecule has 0 aromatic rings. The summed E-state index contributed by atoms with van der Waals surface area (Å²) in [4.78, 5) is 0. The maximum Gasteiger partial charge on any atom is 0.0136 e. The minimum Gasteiger partial charge on any atom is -0.555 e. The first-order valence-electron chi connectivity index (χ1n) is 3.39. The summed E-state index contributed by atoms with van der Waals surface area (Å²) in [6.07, 6.45) is 1.18. The predicted octanol–water partition coefficient (Wildman–Crippen LogP) is 2.68. The first-order chi connectivity index (χ1) is 4.31. The van der Waals surface area contributed by atoms with Gasteiger partial charge in [0.1, 0.15) is 0 Å². The van der Waals surface area contributed by atoms with Crippen molar-refractivity contribution < 1.29 is 4.74 Å². The maximum absolute atomic E-state index is 4.64. The Bertz CT molecular complexity index is 40.2. The predicted molar refractivity (Wildman–Crippen MR) is 41.8 cm³/mol. The van der Waals surface area contributed by atoms with Crippen molar-refractivity contribution >= 4 is 0 Å². The molecule has 0 heterocycles. The van der Waals surface area contributed by atoms with E-state index in [0.29, 0.717) is 5.92 Å². The molecular weight excluding hydrogens is 379 g/mol. The monoisotopic (exact) mass is 397 g/mol. The summed E-state index contributed by atoms with van der Waals surface area (Å²) >= 11 is 0. The van der Waals surface area contributed by atoms with Crippen LogP contribution in [0.1, 0.15) is 27.2 Å². The number of hydrogen-bond acceptors (Lipinski definition) is 1. The van der Waals surface area contributed by atoms with E-state index in [9.17, 15) is 0 Å². The molecule has 0 amide bonds. The molecule has 0 aliphatic carbocycles. The molecule has 0 radical (unpaired) electrons. The molecule has 0 N–H and O–H groups in total. The second-order valence-electron chi connectivity index (χ2n) is 1.88. The van der Waals surface area contributed by atoms with Crippen LogP contribution in [-0.4, -0.2) is 6.61 Å². The normalized spacial score (nSPS) is 10.5. The Kier molecular flexibility index (Phi) is 25.1. The second kappa shape index (κ2) is 15.7. The van der Waals surface area contributed by atoms with Crippen LogP contribution in [0.4, 0.5) is 0 Å². The largest absolute Gasteiger partial charge is 0.555 e. The van der Waals surface area contributed by atoms with Gasteiger partial charge in [-0.15, -0.1) is 0 Å². The Labute approximate surface area is 59.4 Å². The quantitative estimate of drug-likeness (QED) is 0.666. The fourth-order valence-electron chi connectivity index (χ4n) is 0.319. The van der Waals surface area contributed by atoms with Gasteiger partial charge in [-0.1, -0.05) is 20.3 Å². The zero-order valence-electron chi connectivity index (χ0n) is 7.52. The first kappa shape index (κ1) is 16.0. The van der Waals surface area contributed by atoms with E-state index >= 15 is 0 Å². The number of ether oxygens (including phenoxy) is 1. The standard InChI is InChI=1S/C6H13O.C2H5.Rf/c1-4-6(2)5-7-3;1-2;/h6H,3-5H2,1-2H3;1H2,2H3;/q2*-1;. The van der Waals surface area contributed by atoms with E-state index in [4.69, 9.17) is 0 Å². The van der Waals surface area contributed by atoms with Crippen molar-refractivity contribution in [3.05, 3.63) is 14.0 Å². The van der Waals surface area contributed by atoms with Gasteiger partial charge in [0.25, 0.3) is 0 Å². The Morgan fingerprint density at radius 1 is 1.40 bits per heavy atom. The van der Waals surface area contributed by atoms with Crippen molar-refractivity contribution in [3.63, 3.8) is 0 Å². The molecule has 0 aromatic heterocycles. The maximum atomic E-state index is 4.64. The minimum atomic E-state index is 0. The van der Waals surface area contributed by atoms with Crippen LogP contribution in [0.3, 0.4) is 0 Å². The van der Waals surface area contributed by atoms with Crippen molar-refractivity contribution in [3.8, 4) is 0 Å². The number of hydrogen-bond donors (Lipinski definition) is 0. The Balaban J connectivity index is -0.000000149. The zero-order valence-corrected chi connectivity index (χ0v) is 13.9. The summed E-state index contributed by atoms with van der Waals surface area (Å²) in [6, 6.07) is 0. The summed E-state index contributed by atoms with van der Waals surface area (Å²) in [6.45, 7) is 10.1. The minimum absolute atomic E-state index is 0. The molecular formula is C8H18ORf-2. The molecule has 0 bridgehead atoms. The summed E-state index contributed by atoms with van der Waals surface area (Å²) in [5.41, 5.74) is 0. The molecule has 0 fully saturated rings. The molecule has 0 saturated carbocycles. The van der Waals surface area contributed by atoms with Crippen molar-refractivity contribution in [1.82, 2.24) is 0 Å². The van der Waals surface area contributed by atoms with Crippen LogP contribution in [0, 0.1) is 20.0 Å². The second-order valence-corrected chi connectivity index (χ2v) is 1.88. The van der Waals surface area contributed by atoms with Gasteiger partial charge < -0.3 is 11.7 Å². The van der Waals surface area contributed by atoms with Crippen LogP contribution in [0.25, 0.3) is 0 Å². The van der Waals surface area contributed by atoms with Crippen LogP contribution in [-0.2, 0) is 4.74 Å². The van der Waals surface area contributed by atoms with E-state index in [0.717, 1.165) is 6.61 Å². The Hall–Kier alpha value is -1.04. The van der Waals surface area contributed by atoms with Crippen molar-refractivity contribution in [2.75, 3.05) is 6.61 Å². The van der Waals surface area contributed by atoms with Crippen LogP contribution < -0.4 is 0 Å². The molecule has 0 aliphatic rings. The van der Waals surface area contributed by atoms with E-state index in [2.05, 4.69) is 32.6 Å². The summed E-state index contributed by atoms with van der Waals surface area (Å²) < 4.78 is 4.64. The molecule has 0 aromatic carbocycles. The molecule has 60 valence electrons. The average molecular weight is 397 g/mol. The molecule has 0 spiro atoms. The first-order valence-corrected chi connectivity index (χ1v) is 3.39. The van der Waals surface area contributed by atoms with Gasteiger partial charge in [-0.05, 0) is 5.92 Å². The fourth-order valence-corrected chi connectivity index (χ4v) is 0.319. The molecule has 1 nitrogen and oxygen atoms in total. The van der Waals surface area contributed by atoms with E-state index < -0.39 is 0 Å². The van der Waals surface area contributed by atoms with Gasteiger partial charge in [0.15, 0.2) is 0 Å². The summed E-state index contributed by atoms with van der Waals surface area (Å²) in [5.74, 6) is 0.664. The molecule has 2 heteroatoms. The van der Waals surface area contributed by atoms with Gasteiger partial charge in [0.05, 0.1) is 0 Å². The van der Waals surface area contributed by atoms with Gasteiger partial charge in [0.2, 0.25) is 0 Å². The SMILES string of the molecule is [CH2-]C.[CH2-]OCC(C)CC.[Rf]. The topological polar surface area (TPSA) is 9.23 Å². The third-order valence-corrected chi connectivity index (χ3v) is 1.10. The van der Waals surface area contributed by atoms with Crippen molar-refractivity contribution in [2.45, 2.75) is 27.2 Å². The van der Waals surface area contributed by atoms with Gasteiger partial charge in [0, 0.05) is 6.61 Å². The summed E-state index contributed by atoms with van der Waals surface area (Å²) in [5, 5.41) is 0. The molecule has 0 rings (SSSR count). The summed E-state index contributed by atoms with van der Waals surface area (Å²) in [7, 11) is 3.27. The third-order valence-electron chi connectivity index (χ3n) is 1.10.